The van der Waals surface area contributed by atoms with Gasteiger partial charge >= 0.3 is 0 Å². The van der Waals surface area contributed by atoms with E-state index in [2.05, 4.69) is 5.32 Å². The molecule has 2 unspecified atom stereocenters. The van der Waals surface area contributed by atoms with E-state index in [0.717, 1.165) is 36.8 Å². The highest BCUT2D eigenvalue weighted by molar-refractivity contribution is 6.05. The molecule has 2 atom stereocenters. The lowest BCUT2D eigenvalue weighted by Gasteiger charge is -2.19. The number of methoxy groups -OCH3 is 1. The average Bonchev–Trinajstić information content (AvgIpc) is 3.10. The summed E-state index contributed by atoms with van der Waals surface area (Å²) < 4.78 is 11.3. The molecule has 2 fully saturated rings. The molecule has 174 valence electrons. The monoisotopic (exact) mass is 450 g/mol. The fourth-order valence-electron chi connectivity index (χ4n) is 4.63. The number of benzene rings is 2. The van der Waals surface area contributed by atoms with E-state index in [0.29, 0.717) is 24.7 Å². The largest absolute Gasteiger partial charge is 0.493 e. The summed E-state index contributed by atoms with van der Waals surface area (Å²) in [5, 5.41) is 2.86. The Kier molecular flexibility index (Phi) is 7.27. The van der Waals surface area contributed by atoms with Gasteiger partial charge in [0.25, 0.3) is 0 Å². The Morgan fingerprint density at radius 1 is 0.970 bits per heavy atom. The van der Waals surface area contributed by atoms with Crippen molar-refractivity contribution in [2.24, 2.45) is 11.8 Å². The molecule has 4 rings (SSSR count). The second-order valence-corrected chi connectivity index (χ2v) is 8.61. The number of nitrogens with zero attached hydrogens (tertiary/aromatic N) is 1. The van der Waals surface area contributed by atoms with Crippen LogP contribution in [-0.4, -0.2) is 36.3 Å². The van der Waals surface area contributed by atoms with E-state index in [4.69, 9.17) is 9.47 Å². The van der Waals surface area contributed by atoms with E-state index in [9.17, 15) is 14.4 Å². The molecule has 1 aliphatic carbocycles. The van der Waals surface area contributed by atoms with Crippen LogP contribution in [0.3, 0.4) is 0 Å². The topological polar surface area (TPSA) is 84.9 Å². The second-order valence-electron chi connectivity index (χ2n) is 8.61. The molecular weight excluding hydrogens is 420 g/mol. The van der Waals surface area contributed by atoms with Gasteiger partial charge in [0, 0.05) is 19.5 Å². The van der Waals surface area contributed by atoms with E-state index in [1.165, 1.54) is 4.90 Å². The molecule has 0 bridgehead atoms. The molecule has 1 N–H and O–H groups in total. The summed E-state index contributed by atoms with van der Waals surface area (Å²) in [4.78, 5) is 38.7. The van der Waals surface area contributed by atoms with Gasteiger partial charge in [-0.1, -0.05) is 49.2 Å². The minimum Gasteiger partial charge on any atom is -0.493 e. The Morgan fingerprint density at radius 2 is 1.67 bits per heavy atom. The molecule has 1 saturated carbocycles. The predicted molar refractivity (Wildman–Crippen MR) is 122 cm³/mol. The smallest absolute Gasteiger partial charge is 0.233 e. The Balaban J connectivity index is 1.26. The summed E-state index contributed by atoms with van der Waals surface area (Å²) in [7, 11) is 1.58. The predicted octanol–water partition coefficient (Wildman–Crippen LogP) is 3.46. The van der Waals surface area contributed by atoms with Crippen LogP contribution in [0.4, 0.5) is 0 Å². The molecule has 1 heterocycles. The maximum absolute atomic E-state index is 12.5. The Morgan fingerprint density at radius 3 is 2.33 bits per heavy atom. The number of imide groups is 1. The summed E-state index contributed by atoms with van der Waals surface area (Å²) in [5.41, 5.74) is 1.93. The van der Waals surface area contributed by atoms with E-state index >= 15 is 0 Å². The molecule has 3 amide bonds. The fraction of sp³-hybridized carbons (Fsp3) is 0.423. The van der Waals surface area contributed by atoms with Gasteiger partial charge in [0.1, 0.15) is 6.61 Å². The van der Waals surface area contributed by atoms with Gasteiger partial charge < -0.3 is 14.8 Å². The first kappa shape index (κ1) is 22.8. The highest BCUT2D eigenvalue weighted by atomic mass is 16.5. The van der Waals surface area contributed by atoms with Crippen LogP contribution in [-0.2, 0) is 27.5 Å². The normalized spacial score (nSPS) is 19.8. The maximum Gasteiger partial charge on any atom is 0.233 e. The van der Waals surface area contributed by atoms with Crippen molar-refractivity contribution in [3.8, 4) is 11.5 Å². The minimum absolute atomic E-state index is 0.103. The maximum atomic E-state index is 12.5. The third kappa shape index (κ3) is 5.35. The molecule has 1 aliphatic heterocycles. The van der Waals surface area contributed by atoms with Crippen molar-refractivity contribution >= 4 is 17.7 Å². The van der Waals surface area contributed by atoms with Crippen molar-refractivity contribution in [1.82, 2.24) is 10.2 Å². The molecule has 2 aliphatic rings. The van der Waals surface area contributed by atoms with Crippen molar-refractivity contribution in [2.45, 2.75) is 45.3 Å². The Bertz CT molecular complexity index is 983. The van der Waals surface area contributed by atoms with Gasteiger partial charge in [-0.3, -0.25) is 19.3 Å². The zero-order valence-corrected chi connectivity index (χ0v) is 18.9. The zero-order chi connectivity index (χ0) is 23.2. The third-order valence-electron chi connectivity index (χ3n) is 6.45. The highest BCUT2D eigenvalue weighted by Crippen LogP contribution is 2.38. The van der Waals surface area contributed by atoms with Crippen LogP contribution in [0.5, 0.6) is 11.5 Å². The van der Waals surface area contributed by atoms with Crippen molar-refractivity contribution in [2.75, 3.05) is 13.7 Å². The highest BCUT2D eigenvalue weighted by Gasteiger charge is 2.47. The standard InChI is InChI=1S/C26H30N2O5/c1-32-23-15-19(11-12-22(23)33-17-18-7-3-2-4-8-18)16-27-24(29)13-14-28-25(30)20-9-5-6-10-21(20)26(28)31/h2-4,7-8,11-12,15,20-21H,5-6,9-10,13-14,16-17H2,1H3,(H,27,29). The number of hydrogen-bond donors (Lipinski definition) is 1. The number of hydrogen-bond acceptors (Lipinski definition) is 5. The van der Waals surface area contributed by atoms with Crippen LogP contribution in [0, 0.1) is 11.8 Å². The average molecular weight is 451 g/mol. The van der Waals surface area contributed by atoms with Crippen molar-refractivity contribution < 1.29 is 23.9 Å². The number of amides is 3. The first-order valence-electron chi connectivity index (χ1n) is 11.5. The molecule has 0 radical (unpaired) electrons. The lowest BCUT2D eigenvalue weighted by molar-refractivity contribution is -0.140. The van der Waals surface area contributed by atoms with Crippen LogP contribution in [0.15, 0.2) is 48.5 Å². The Labute approximate surface area is 194 Å². The SMILES string of the molecule is COc1cc(CNC(=O)CCN2C(=O)C3CCCCC3C2=O)ccc1OCc1ccccc1. The molecule has 7 nitrogen and oxygen atoms in total. The summed E-state index contributed by atoms with van der Waals surface area (Å²) in [6.07, 6.45) is 3.66. The minimum atomic E-state index is -0.200. The first-order chi connectivity index (χ1) is 16.1. The molecule has 0 spiro atoms. The fourth-order valence-corrected chi connectivity index (χ4v) is 4.63. The number of ether oxygens (including phenoxy) is 2. The summed E-state index contributed by atoms with van der Waals surface area (Å²) in [6, 6.07) is 15.4. The summed E-state index contributed by atoms with van der Waals surface area (Å²) in [5.74, 6) is 0.460. The number of carbonyl (C=O) groups excluding carboxylic acids is 3. The van der Waals surface area contributed by atoms with Gasteiger partial charge in [0.2, 0.25) is 17.7 Å². The second kappa shape index (κ2) is 10.5. The Hall–Kier alpha value is -3.35. The van der Waals surface area contributed by atoms with E-state index < -0.39 is 0 Å². The molecule has 7 heteroatoms. The molecule has 33 heavy (non-hydrogen) atoms. The molecule has 1 saturated heterocycles. The van der Waals surface area contributed by atoms with E-state index in [-0.39, 0.29) is 42.5 Å². The summed E-state index contributed by atoms with van der Waals surface area (Å²) >= 11 is 0. The van der Waals surface area contributed by atoms with Crippen LogP contribution in [0.1, 0.15) is 43.2 Å². The van der Waals surface area contributed by atoms with E-state index in [1.54, 1.807) is 7.11 Å². The van der Waals surface area contributed by atoms with Crippen LogP contribution < -0.4 is 14.8 Å². The lowest BCUT2D eigenvalue weighted by atomic mass is 9.81. The van der Waals surface area contributed by atoms with Crippen molar-refractivity contribution in [3.05, 3.63) is 59.7 Å². The quantitative estimate of drug-likeness (QED) is 0.592. The van der Waals surface area contributed by atoms with Gasteiger partial charge in [0.05, 0.1) is 18.9 Å². The molecule has 2 aromatic carbocycles. The molecule has 0 aromatic heterocycles. The van der Waals surface area contributed by atoms with Gasteiger partial charge in [-0.05, 0) is 36.1 Å². The zero-order valence-electron chi connectivity index (χ0n) is 18.9. The number of likely N-dealkylation sites (tertiary alicyclic amines) is 1. The number of carbonyl (C=O) groups is 3. The number of fused-ring (bicyclic) bond motifs is 1. The first-order valence-corrected chi connectivity index (χ1v) is 11.5. The van der Waals surface area contributed by atoms with Gasteiger partial charge in [-0.15, -0.1) is 0 Å². The van der Waals surface area contributed by atoms with Gasteiger partial charge in [-0.25, -0.2) is 0 Å². The van der Waals surface area contributed by atoms with E-state index in [1.807, 2.05) is 48.5 Å². The third-order valence-corrected chi connectivity index (χ3v) is 6.45. The van der Waals surface area contributed by atoms with Crippen LogP contribution in [0.2, 0.25) is 0 Å². The number of rotatable bonds is 9. The number of nitrogens with one attached hydrogen (secondary N) is 1. The molecular formula is C26H30N2O5. The lowest BCUT2D eigenvalue weighted by Crippen LogP contribution is -2.35. The van der Waals surface area contributed by atoms with Crippen molar-refractivity contribution in [1.29, 1.82) is 0 Å². The van der Waals surface area contributed by atoms with Crippen LogP contribution in [0.25, 0.3) is 0 Å². The molecule has 2 aromatic rings. The summed E-state index contributed by atoms with van der Waals surface area (Å²) in [6.45, 7) is 0.899. The van der Waals surface area contributed by atoms with Crippen LogP contribution >= 0.6 is 0 Å². The van der Waals surface area contributed by atoms with Crippen molar-refractivity contribution in [3.63, 3.8) is 0 Å². The van der Waals surface area contributed by atoms with Gasteiger partial charge in [0.15, 0.2) is 11.5 Å². The van der Waals surface area contributed by atoms with Gasteiger partial charge in [-0.2, -0.15) is 0 Å².